The van der Waals surface area contributed by atoms with E-state index in [0.29, 0.717) is 17.9 Å². The van der Waals surface area contributed by atoms with Gasteiger partial charge in [0.1, 0.15) is 22.9 Å². The van der Waals surface area contributed by atoms with E-state index < -0.39 is 23.2 Å². The summed E-state index contributed by atoms with van der Waals surface area (Å²) in [6, 6.07) is 5.59. The van der Waals surface area contributed by atoms with Crippen LogP contribution >= 0.6 is 0 Å². The Labute approximate surface area is 123 Å². The van der Waals surface area contributed by atoms with Crippen molar-refractivity contribution in [3.8, 4) is 5.75 Å². The minimum absolute atomic E-state index is 0.0150. The zero-order chi connectivity index (χ0) is 16.0. The van der Waals surface area contributed by atoms with Crippen LogP contribution < -0.4 is 4.74 Å². The van der Waals surface area contributed by atoms with Crippen LogP contribution in [0.5, 0.6) is 5.75 Å². The fourth-order valence-electron chi connectivity index (χ4n) is 2.53. The molecule has 3 nitrogen and oxygen atoms in total. The smallest absolute Gasteiger partial charge is 0.419 e. The first kappa shape index (κ1) is 14.8. The first-order valence-electron chi connectivity index (χ1n) is 6.50. The molecule has 1 aromatic carbocycles. The molecule has 116 valence electrons. The molecule has 0 spiro atoms. The standard InChI is InChI=1S/C15H11F4NO2/c16-11-8-9(3-4-10(11)15(17,18)19)14(21)5-7-22-12-2-1-6-20-13(12)14/h1-4,6,8,21H,5,7H2/t14-/m1/s1. The second-order valence-corrected chi connectivity index (χ2v) is 5.00. The summed E-state index contributed by atoms with van der Waals surface area (Å²) in [4.78, 5) is 4.03. The van der Waals surface area contributed by atoms with Gasteiger partial charge in [-0.2, -0.15) is 13.2 Å². The number of alkyl halides is 3. The normalized spacial score (nSPS) is 21.1. The van der Waals surface area contributed by atoms with E-state index in [-0.39, 0.29) is 24.3 Å². The predicted octanol–water partition coefficient (Wildman–Crippen LogP) is 3.26. The molecule has 1 aliphatic heterocycles. The Balaban J connectivity index is 2.10. The van der Waals surface area contributed by atoms with E-state index in [4.69, 9.17) is 4.74 Å². The Morgan fingerprint density at radius 3 is 2.68 bits per heavy atom. The first-order chi connectivity index (χ1) is 10.3. The number of ether oxygens (including phenoxy) is 1. The van der Waals surface area contributed by atoms with Crippen LogP contribution in [0.15, 0.2) is 36.5 Å². The second-order valence-electron chi connectivity index (χ2n) is 5.00. The topological polar surface area (TPSA) is 42.4 Å². The van der Waals surface area contributed by atoms with E-state index >= 15 is 0 Å². The van der Waals surface area contributed by atoms with Gasteiger partial charge >= 0.3 is 6.18 Å². The van der Waals surface area contributed by atoms with Gasteiger partial charge in [-0.3, -0.25) is 4.98 Å². The Hall–Kier alpha value is -2.15. The van der Waals surface area contributed by atoms with E-state index in [9.17, 15) is 22.7 Å². The van der Waals surface area contributed by atoms with Crippen LogP contribution in [0.1, 0.15) is 23.2 Å². The van der Waals surface area contributed by atoms with Gasteiger partial charge in [-0.1, -0.05) is 6.07 Å². The van der Waals surface area contributed by atoms with E-state index in [1.165, 1.54) is 6.20 Å². The molecule has 0 bridgehead atoms. The molecule has 2 aromatic rings. The number of hydrogen-bond donors (Lipinski definition) is 1. The molecule has 0 unspecified atom stereocenters. The molecule has 3 rings (SSSR count). The van der Waals surface area contributed by atoms with E-state index in [0.717, 1.165) is 6.07 Å². The molecule has 0 radical (unpaired) electrons. The lowest BCUT2D eigenvalue weighted by Crippen LogP contribution is -2.35. The molecule has 0 fully saturated rings. The van der Waals surface area contributed by atoms with Gasteiger partial charge in [0.05, 0.1) is 12.2 Å². The highest BCUT2D eigenvalue weighted by Gasteiger charge is 2.41. The van der Waals surface area contributed by atoms with E-state index in [2.05, 4.69) is 4.98 Å². The zero-order valence-corrected chi connectivity index (χ0v) is 11.2. The fourth-order valence-corrected chi connectivity index (χ4v) is 2.53. The molecule has 7 heteroatoms. The van der Waals surface area contributed by atoms with Crippen LogP contribution in [-0.4, -0.2) is 16.7 Å². The SMILES string of the molecule is O[C@@]1(c2ccc(C(F)(F)F)c(F)c2)CCOc2cccnc21. The molecule has 0 saturated carbocycles. The van der Waals surface area contributed by atoms with Gasteiger partial charge in [-0.05, 0) is 29.8 Å². The minimum Gasteiger partial charge on any atom is -0.491 e. The summed E-state index contributed by atoms with van der Waals surface area (Å²) in [6.45, 7) is 0.151. The Morgan fingerprint density at radius 2 is 2.00 bits per heavy atom. The van der Waals surface area contributed by atoms with Crippen LogP contribution in [-0.2, 0) is 11.8 Å². The number of aliphatic hydroxyl groups is 1. The Morgan fingerprint density at radius 1 is 1.23 bits per heavy atom. The summed E-state index contributed by atoms with van der Waals surface area (Å²) in [6.07, 6.45) is -3.28. The Bertz CT molecular complexity index is 717. The third-order valence-electron chi connectivity index (χ3n) is 3.64. The van der Waals surface area contributed by atoms with E-state index in [1.54, 1.807) is 12.1 Å². The molecule has 0 aliphatic carbocycles. The van der Waals surface area contributed by atoms with Crippen molar-refractivity contribution in [1.29, 1.82) is 0 Å². The molecular weight excluding hydrogens is 302 g/mol. The van der Waals surface area contributed by atoms with Crippen molar-refractivity contribution in [2.24, 2.45) is 0 Å². The molecule has 2 heterocycles. The van der Waals surface area contributed by atoms with Gasteiger partial charge < -0.3 is 9.84 Å². The summed E-state index contributed by atoms with van der Waals surface area (Å²) in [5, 5.41) is 10.8. The number of hydrogen-bond acceptors (Lipinski definition) is 3. The van der Waals surface area contributed by atoms with Crippen LogP contribution in [0, 0.1) is 5.82 Å². The highest BCUT2D eigenvalue weighted by atomic mass is 19.4. The molecule has 1 atom stereocenters. The summed E-state index contributed by atoms with van der Waals surface area (Å²) in [5.41, 5.74) is -2.87. The number of fused-ring (bicyclic) bond motifs is 1. The number of benzene rings is 1. The van der Waals surface area contributed by atoms with Gasteiger partial charge in [0, 0.05) is 12.6 Å². The molecular formula is C15H11F4NO2. The second kappa shape index (κ2) is 4.95. The van der Waals surface area contributed by atoms with Crippen LogP contribution in [0.25, 0.3) is 0 Å². The van der Waals surface area contributed by atoms with Crippen molar-refractivity contribution >= 4 is 0 Å². The van der Waals surface area contributed by atoms with Gasteiger partial charge in [-0.25, -0.2) is 4.39 Å². The number of rotatable bonds is 1. The average Bonchev–Trinajstić information content (AvgIpc) is 2.46. The summed E-state index contributed by atoms with van der Waals surface area (Å²) >= 11 is 0. The molecule has 1 aliphatic rings. The number of pyridine rings is 1. The average molecular weight is 313 g/mol. The van der Waals surface area contributed by atoms with Gasteiger partial charge in [-0.15, -0.1) is 0 Å². The molecule has 1 aromatic heterocycles. The minimum atomic E-state index is -4.78. The van der Waals surface area contributed by atoms with Gasteiger partial charge in [0.15, 0.2) is 0 Å². The first-order valence-corrected chi connectivity index (χ1v) is 6.50. The third kappa shape index (κ3) is 2.31. The lowest BCUT2D eigenvalue weighted by molar-refractivity contribution is -0.140. The highest BCUT2D eigenvalue weighted by molar-refractivity contribution is 5.43. The third-order valence-corrected chi connectivity index (χ3v) is 3.64. The van der Waals surface area contributed by atoms with Crippen LogP contribution in [0.3, 0.4) is 0 Å². The van der Waals surface area contributed by atoms with Gasteiger partial charge in [0.25, 0.3) is 0 Å². The summed E-state index contributed by atoms with van der Waals surface area (Å²) in [7, 11) is 0. The maximum absolute atomic E-state index is 13.8. The monoisotopic (exact) mass is 313 g/mol. The number of aromatic nitrogens is 1. The highest BCUT2D eigenvalue weighted by Crippen LogP contribution is 2.41. The van der Waals surface area contributed by atoms with Crippen molar-refractivity contribution in [3.05, 3.63) is 59.2 Å². The molecule has 22 heavy (non-hydrogen) atoms. The largest absolute Gasteiger partial charge is 0.491 e. The molecule has 0 saturated heterocycles. The van der Waals surface area contributed by atoms with Crippen molar-refractivity contribution < 1.29 is 27.4 Å². The van der Waals surface area contributed by atoms with Crippen molar-refractivity contribution in [1.82, 2.24) is 4.98 Å². The lowest BCUT2D eigenvalue weighted by Gasteiger charge is -2.33. The molecule has 0 amide bonds. The number of halogens is 4. The van der Waals surface area contributed by atoms with Crippen molar-refractivity contribution in [3.63, 3.8) is 0 Å². The summed E-state index contributed by atoms with van der Waals surface area (Å²) < 4.78 is 57.0. The van der Waals surface area contributed by atoms with Crippen LogP contribution in [0.4, 0.5) is 17.6 Å². The van der Waals surface area contributed by atoms with Crippen LogP contribution in [0.2, 0.25) is 0 Å². The lowest BCUT2D eigenvalue weighted by atomic mass is 9.84. The van der Waals surface area contributed by atoms with Gasteiger partial charge in [0.2, 0.25) is 0 Å². The van der Waals surface area contributed by atoms with Crippen molar-refractivity contribution in [2.45, 2.75) is 18.2 Å². The summed E-state index contributed by atoms with van der Waals surface area (Å²) in [5.74, 6) is -1.10. The Kier molecular flexibility index (Phi) is 3.32. The van der Waals surface area contributed by atoms with E-state index in [1.807, 2.05) is 0 Å². The maximum atomic E-state index is 13.8. The quantitative estimate of drug-likeness (QED) is 0.822. The zero-order valence-electron chi connectivity index (χ0n) is 11.2. The maximum Gasteiger partial charge on any atom is 0.419 e. The van der Waals surface area contributed by atoms with Crippen molar-refractivity contribution in [2.75, 3.05) is 6.61 Å². The molecule has 1 N–H and O–H groups in total. The number of nitrogens with zero attached hydrogens (tertiary/aromatic N) is 1. The fraction of sp³-hybridized carbons (Fsp3) is 0.267. The predicted molar refractivity (Wildman–Crippen MR) is 68.7 cm³/mol.